The van der Waals surface area contributed by atoms with Gasteiger partial charge in [0, 0.05) is 36.9 Å². The first-order chi connectivity index (χ1) is 13.6. The van der Waals surface area contributed by atoms with Crippen LogP contribution < -0.4 is 15.5 Å². The lowest BCUT2D eigenvalue weighted by Gasteiger charge is -2.34. The molecule has 0 aliphatic carbocycles. The fourth-order valence-electron chi connectivity index (χ4n) is 3.34. The smallest absolute Gasteiger partial charge is 0.253 e. The fourth-order valence-corrected chi connectivity index (χ4v) is 3.34. The van der Waals surface area contributed by atoms with E-state index in [2.05, 4.69) is 22.1 Å². The highest BCUT2D eigenvalue weighted by Crippen LogP contribution is 2.24. The van der Waals surface area contributed by atoms with Gasteiger partial charge < -0.3 is 15.5 Å². The van der Waals surface area contributed by atoms with Gasteiger partial charge in [0.2, 0.25) is 0 Å². The van der Waals surface area contributed by atoms with Gasteiger partial charge >= 0.3 is 0 Å². The van der Waals surface area contributed by atoms with Crippen LogP contribution in [-0.4, -0.2) is 37.5 Å². The van der Waals surface area contributed by atoms with Crippen LogP contribution in [0.2, 0.25) is 0 Å². The van der Waals surface area contributed by atoms with Crippen LogP contribution in [0.4, 0.5) is 10.1 Å². The Balaban J connectivity index is 1.60. The van der Waals surface area contributed by atoms with Crippen molar-refractivity contribution < 1.29 is 14.0 Å². The first kappa shape index (κ1) is 19.6. The monoisotopic (exact) mass is 381 g/mol. The summed E-state index contributed by atoms with van der Waals surface area (Å²) in [7, 11) is 0. The van der Waals surface area contributed by atoms with E-state index in [0.717, 1.165) is 31.6 Å². The minimum Gasteiger partial charge on any atom is -0.371 e. The van der Waals surface area contributed by atoms with Gasteiger partial charge in [-0.1, -0.05) is 18.2 Å². The number of amides is 2. The summed E-state index contributed by atoms with van der Waals surface area (Å²) in [6.45, 7) is 5.51. The number of piperidine rings is 1. The van der Waals surface area contributed by atoms with E-state index < -0.39 is 0 Å². The molecule has 0 spiro atoms. The number of halogens is 1. The Morgan fingerprint density at radius 2 is 1.75 bits per heavy atom. The standard InChI is InChI=1S/C22H24FN3O2/c1-2-13-24-22(28)19-5-3-4-6-20(19)26-14-11-18(12-15-26)25-21(27)16-7-9-17(23)10-8-16/h2-10,18H,1,11-15H2,(H,24,28)(H,25,27). The zero-order chi connectivity index (χ0) is 19.9. The lowest BCUT2D eigenvalue weighted by molar-refractivity contribution is 0.0930. The number of nitrogens with zero attached hydrogens (tertiary/aromatic N) is 1. The van der Waals surface area contributed by atoms with Gasteiger partial charge in [-0.2, -0.15) is 0 Å². The van der Waals surface area contributed by atoms with Crippen molar-refractivity contribution in [3.05, 3.63) is 78.1 Å². The van der Waals surface area contributed by atoms with E-state index >= 15 is 0 Å². The third kappa shape index (κ3) is 4.76. The molecule has 1 aliphatic heterocycles. The lowest BCUT2D eigenvalue weighted by Crippen LogP contribution is -2.45. The minimum absolute atomic E-state index is 0.0514. The van der Waals surface area contributed by atoms with E-state index in [1.54, 1.807) is 6.08 Å². The molecule has 1 heterocycles. The molecule has 2 aromatic carbocycles. The molecule has 6 heteroatoms. The van der Waals surface area contributed by atoms with Crippen LogP contribution in [0.15, 0.2) is 61.2 Å². The second-order valence-electron chi connectivity index (χ2n) is 6.76. The molecule has 1 saturated heterocycles. The van der Waals surface area contributed by atoms with Gasteiger partial charge in [-0.05, 0) is 49.2 Å². The summed E-state index contributed by atoms with van der Waals surface area (Å²) < 4.78 is 13.0. The molecule has 1 fully saturated rings. The summed E-state index contributed by atoms with van der Waals surface area (Å²) in [5.41, 5.74) is 1.98. The van der Waals surface area contributed by atoms with Gasteiger partial charge in [0.05, 0.1) is 5.56 Å². The second-order valence-corrected chi connectivity index (χ2v) is 6.76. The van der Waals surface area contributed by atoms with E-state index in [1.165, 1.54) is 24.3 Å². The van der Waals surface area contributed by atoms with E-state index in [-0.39, 0.29) is 23.7 Å². The molecule has 2 aromatic rings. The van der Waals surface area contributed by atoms with Gasteiger partial charge in [-0.25, -0.2) is 4.39 Å². The van der Waals surface area contributed by atoms with E-state index in [1.807, 2.05) is 24.3 Å². The van der Waals surface area contributed by atoms with Crippen molar-refractivity contribution in [1.29, 1.82) is 0 Å². The summed E-state index contributed by atoms with van der Waals surface area (Å²) in [4.78, 5) is 26.9. The number of anilines is 1. The average molecular weight is 381 g/mol. The molecule has 3 rings (SSSR count). The van der Waals surface area contributed by atoms with Crippen molar-refractivity contribution in [3.63, 3.8) is 0 Å². The normalized spacial score (nSPS) is 14.4. The number of hydrogen-bond acceptors (Lipinski definition) is 3. The molecule has 0 saturated carbocycles. The number of rotatable bonds is 6. The highest BCUT2D eigenvalue weighted by Gasteiger charge is 2.24. The Bertz CT molecular complexity index is 843. The first-order valence-electron chi connectivity index (χ1n) is 9.38. The number of hydrogen-bond donors (Lipinski definition) is 2. The predicted molar refractivity (Wildman–Crippen MR) is 108 cm³/mol. The van der Waals surface area contributed by atoms with Crippen molar-refractivity contribution in [1.82, 2.24) is 10.6 Å². The molecular formula is C22H24FN3O2. The average Bonchev–Trinajstić information content (AvgIpc) is 2.73. The molecule has 0 bridgehead atoms. The molecule has 0 radical (unpaired) electrons. The molecule has 28 heavy (non-hydrogen) atoms. The van der Waals surface area contributed by atoms with Gasteiger partial charge in [-0.15, -0.1) is 6.58 Å². The Morgan fingerprint density at radius 3 is 2.43 bits per heavy atom. The molecule has 0 atom stereocenters. The molecular weight excluding hydrogens is 357 g/mol. The molecule has 2 N–H and O–H groups in total. The van der Waals surface area contributed by atoms with Crippen LogP contribution in [0.5, 0.6) is 0 Å². The van der Waals surface area contributed by atoms with Crippen LogP contribution in [0, 0.1) is 5.82 Å². The highest BCUT2D eigenvalue weighted by molar-refractivity contribution is 6.00. The van der Waals surface area contributed by atoms with E-state index in [0.29, 0.717) is 17.7 Å². The molecule has 2 amide bonds. The maximum Gasteiger partial charge on any atom is 0.253 e. The quantitative estimate of drug-likeness (QED) is 0.756. The van der Waals surface area contributed by atoms with Gasteiger partial charge in [0.15, 0.2) is 0 Å². The van der Waals surface area contributed by atoms with Crippen molar-refractivity contribution in [2.45, 2.75) is 18.9 Å². The third-order valence-electron chi connectivity index (χ3n) is 4.83. The highest BCUT2D eigenvalue weighted by atomic mass is 19.1. The van der Waals surface area contributed by atoms with E-state index in [4.69, 9.17) is 0 Å². The predicted octanol–water partition coefficient (Wildman–Crippen LogP) is 3.14. The summed E-state index contributed by atoms with van der Waals surface area (Å²) in [5.74, 6) is -0.675. The largest absolute Gasteiger partial charge is 0.371 e. The minimum atomic E-state index is -0.361. The maximum atomic E-state index is 13.0. The third-order valence-corrected chi connectivity index (χ3v) is 4.83. The summed E-state index contributed by atoms with van der Waals surface area (Å²) in [6, 6.07) is 13.1. The Hall–Kier alpha value is -3.15. The SMILES string of the molecule is C=CCNC(=O)c1ccccc1N1CCC(NC(=O)c2ccc(F)cc2)CC1. The summed E-state index contributed by atoms with van der Waals surface area (Å²) >= 11 is 0. The number of carbonyl (C=O) groups is 2. The van der Waals surface area contributed by atoms with Crippen molar-refractivity contribution in [2.75, 3.05) is 24.5 Å². The number of para-hydroxylation sites is 1. The van der Waals surface area contributed by atoms with Gasteiger partial charge in [0.25, 0.3) is 11.8 Å². The molecule has 5 nitrogen and oxygen atoms in total. The van der Waals surface area contributed by atoms with Crippen molar-refractivity contribution >= 4 is 17.5 Å². The first-order valence-corrected chi connectivity index (χ1v) is 9.38. The number of nitrogens with one attached hydrogen (secondary N) is 2. The molecule has 0 aromatic heterocycles. The second kappa shape index (κ2) is 9.17. The summed E-state index contributed by atoms with van der Waals surface area (Å²) in [6.07, 6.45) is 3.20. The zero-order valence-corrected chi connectivity index (χ0v) is 15.7. The lowest BCUT2D eigenvalue weighted by atomic mass is 10.0. The topological polar surface area (TPSA) is 61.4 Å². The number of carbonyl (C=O) groups excluding carboxylic acids is 2. The summed E-state index contributed by atoms with van der Waals surface area (Å²) in [5, 5.41) is 5.83. The Labute approximate surface area is 164 Å². The Morgan fingerprint density at radius 1 is 1.07 bits per heavy atom. The molecule has 1 aliphatic rings. The van der Waals surface area contributed by atoms with Crippen LogP contribution >= 0.6 is 0 Å². The van der Waals surface area contributed by atoms with Crippen LogP contribution in [-0.2, 0) is 0 Å². The Kier molecular flexibility index (Phi) is 6.42. The maximum absolute atomic E-state index is 13.0. The van der Waals surface area contributed by atoms with Gasteiger partial charge in [-0.3, -0.25) is 9.59 Å². The number of benzene rings is 2. The zero-order valence-electron chi connectivity index (χ0n) is 15.7. The van der Waals surface area contributed by atoms with Crippen LogP contribution in [0.3, 0.4) is 0 Å². The van der Waals surface area contributed by atoms with Gasteiger partial charge in [0.1, 0.15) is 5.82 Å². The molecule has 0 unspecified atom stereocenters. The van der Waals surface area contributed by atoms with Crippen LogP contribution in [0.1, 0.15) is 33.6 Å². The van der Waals surface area contributed by atoms with E-state index in [9.17, 15) is 14.0 Å². The van der Waals surface area contributed by atoms with Crippen molar-refractivity contribution in [3.8, 4) is 0 Å². The molecule has 146 valence electrons. The fraction of sp³-hybridized carbons (Fsp3) is 0.273. The van der Waals surface area contributed by atoms with Crippen LogP contribution in [0.25, 0.3) is 0 Å². The van der Waals surface area contributed by atoms with Crippen molar-refractivity contribution in [2.24, 2.45) is 0 Å².